The van der Waals surface area contributed by atoms with E-state index in [1.807, 2.05) is 0 Å². The Bertz CT molecular complexity index is 554. The average molecular weight is 285 g/mol. The molecule has 2 heteroatoms. The number of rotatable bonds is 1. The molecule has 2 N–H and O–H groups in total. The Morgan fingerprint density at radius 3 is 2.95 bits per heavy atom. The molecule has 2 saturated carbocycles. The summed E-state index contributed by atoms with van der Waals surface area (Å²) in [5, 5.41) is 0. The van der Waals surface area contributed by atoms with Gasteiger partial charge in [0, 0.05) is 6.04 Å². The maximum Gasteiger partial charge on any atom is 0.119 e. The number of hydrogen-bond donors (Lipinski definition) is 1. The van der Waals surface area contributed by atoms with Crippen molar-refractivity contribution in [2.24, 2.45) is 23.0 Å². The molecule has 2 nitrogen and oxygen atoms in total. The van der Waals surface area contributed by atoms with E-state index in [0.29, 0.717) is 11.5 Å². The molecule has 5 atom stereocenters. The van der Waals surface area contributed by atoms with Gasteiger partial charge >= 0.3 is 0 Å². The highest BCUT2D eigenvalue weighted by Gasteiger charge is 2.52. The third kappa shape index (κ3) is 2.03. The molecule has 3 aliphatic carbocycles. The summed E-state index contributed by atoms with van der Waals surface area (Å²) in [4.78, 5) is 0. The van der Waals surface area contributed by atoms with Gasteiger partial charge in [0.1, 0.15) is 5.75 Å². The molecule has 0 amide bonds. The lowest BCUT2D eigenvalue weighted by atomic mass is 9.56. The molecule has 3 aliphatic rings. The van der Waals surface area contributed by atoms with Crippen LogP contribution in [0.2, 0.25) is 0 Å². The maximum absolute atomic E-state index is 6.32. The van der Waals surface area contributed by atoms with E-state index >= 15 is 0 Å². The Labute approximate surface area is 128 Å². The average Bonchev–Trinajstić information content (AvgIpc) is 2.80. The molecule has 0 aliphatic heterocycles. The van der Waals surface area contributed by atoms with Crippen molar-refractivity contribution in [2.75, 3.05) is 7.11 Å². The van der Waals surface area contributed by atoms with E-state index in [1.165, 1.54) is 44.1 Å². The van der Waals surface area contributed by atoms with Crippen molar-refractivity contribution in [3.05, 3.63) is 29.3 Å². The van der Waals surface area contributed by atoms with Crippen molar-refractivity contribution in [1.29, 1.82) is 0 Å². The predicted molar refractivity (Wildman–Crippen MR) is 85.6 cm³/mol. The molecule has 0 unspecified atom stereocenters. The monoisotopic (exact) mass is 285 g/mol. The number of aryl methyl sites for hydroxylation is 1. The first kappa shape index (κ1) is 13.6. The summed E-state index contributed by atoms with van der Waals surface area (Å²) in [6, 6.07) is 7.19. The van der Waals surface area contributed by atoms with Crippen LogP contribution in [0.25, 0.3) is 0 Å². The number of ether oxygens (including phenoxy) is 1. The Morgan fingerprint density at radius 2 is 2.14 bits per heavy atom. The van der Waals surface area contributed by atoms with E-state index in [1.54, 1.807) is 12.7 Å². The van der Waals surface area contributed by atoms with Gasteiger partial charge in [0.15, 0.2) is 0 Å². The topological polar surface area (TPSA) is 35.2 Å². The van der Waals surface area contributed by atoms with Crippen LogP contribution in [0, 0.1) is 17.3 Å². The fraction of sp³-hybridized carbons (Fsp3) is 0.684. The zero-order valence-electron chi connectivity index (χ0n) is 13.3. The van der Waals surface area contributed by atoms with E-state index in [2.05, 4.69) is 25.1 Å². The fourth-order valence-corrected chi connectivity index (χ4v) is 5.80. The zero-order chi connectivity index (χ0) is 14.6. The lowest BCUT2D eigenvalue weighted by Crippen LogP contribution is -2.39. The largest absolute Gasteiger partial charge is 0.497 e. The summed E-state index contributed by atoms with van der Waals surface area (Å²) in [6.45, 7) is 2.50. The highest BCUT2D eigenvalue weighted by Crippen LogP contribution is 2.60. The summed E-state index contributed by atoms with van der Waals surface area (Å²) in [5.74, 6) is 3.48. The fourth-order valence-electron chi connectivity index (χ4n) is 5.80. The molecule has 0 aromatic heterocycles. The smallest absolute Gasteiger partial charge is 0.119 e. The number of fused-ring (bicyclic) bond motifs is 5. The Morgan fingerprint density at radius 1 is 1.29 bits per heavy atom. The molecule has 0 radical (unpaired) electrons. The summed E-state index contributed by atoms with van der Waals surface area (Å²) in [5.41, 5.74) is 9.97. The summed E-state index contributed by atoms with van der Waals surface area (Å²) < 4.78 is 5.40. The van der Waals surface area contributed by atoms with Crippen molar-refractivity contribution in [1.82, 2.24) is 0 Å². The van der Waals surface area contributed by atoms with Crippen LogP contribution in [0.1, 0.15) is 56.1 Å². The molecule has 2 fully saturated rings. The lowest BCUT2D eigenvalue weighted by Gasteiger charge is -2.49. The van der Waals surface area contributed by atoms with Gasteiger partial charge in [0.2, 0.25) is 0 Å². The highest BCUT2D eigenvalue weighted by molar-refractivity contribution is 5.40. The van der Waals surface area contributed by atoms with Crippen molar-refractivity contribution in [2.45, 2.75) is 57.4 Å². The van der Waals surface area contributed by atoms with Gasteiger partial charge in [0.05, 0.1) is 7.11 Å². The summed E-state index contributed by atoms with van der Waals surface area (Å²) in [7, 11) is 1.76. The molecule has 0 bridgehead atoms. The van der Waals surface area contributed by atoms with Crippen molar-refractivity contribution in [3.8, 4) is 5.75 Å². The second-order valence-electron chi connectivity index (χ2n) is 7.87. The van der Waals surface area contributed by atoms with E-state index < -0.39 is 0 Å². The Kier molecular flexibility index (Phi) is 3.08. The van der Waals surface area contributed by atoms with Gasteiger partial charge in [-0.15, -0.1) is 0 Å². The maximum atomic E-state index is 6.32. The van der Waals surface area contributed by atoms with E-state index in [0.717, 1.165) is 23.5 Å². The van der Waals surface area contributed by atoms with Crippen LogP contribution in [0.3, 0.4) is 0 Å². The van der Waals surface area contributed by atoms with Crippen LogP contribution in [-0.2, 0) is 6.42 Å². The third-order valence-electron chi connectivity index (χ3n) is 6.74. The first-order valence-electron chi connectivity index (χ1n) is 8.53. The van der Waals surface area contributed by atoms with Crippen LogP contribution in [0.4, 0.5) is 0 Å². The van der Waals surface area contributed by atoms with Crippen LogP contribution < -0.4 is 10.5 Å². The summed E-state index contributed by atoms with van der Waals surface area (Å²) in [6.07, 6.45) is 7.77. The third-order valence-corrected chi connectivity index (χ3v) is 6.74. The van der Waals surface area contributed by atoms with Gasteiger partial charge < -0.3 is 10.5 Å². The summed E-state index contributed by atoms with van der Waals surface area (Å²) >= 11 is 0. The van der Waals surface area contributed by atoms with Crippen LogP contribution in [0.5, 0.6) is 5.75 Å². The van der Waals surface area contributed by atoms with Gasteiger partial charge in [-0.2, -0.15) is 0 Å². The van der Waals surface area contributed by atoms with Crippen molar-refractivity contribution < 1.29 is 4.74 Å². The quantitative estimate of drug-likeness (QED) is 0.850. The normalized spacial score (nSPS) is 41.1. The molecule has 114 valence electrons. The molecule has 21 heavy (non-hydrogen) atoms. The van der Waals surface area contributed by atoms with Crippen LogP contribution >= 0.6 is 0 Å². The lowest BCUT2D eigenvalue weighted by molar-refractivity contribution is 0.0598. The first-order chi connectivity index (χ1) is 10.1. The van der Waals surface area contributed by atoms with Crippen LogP contribution in [0.15, 0.2) is 18.2 Å². The zero-order valence-corrected chi connectivity index (χ0v) is 13.3. The molecular weight excluding hydrogens is 258 g/mol. The molecule has 1 aromatic rings. The minimum Gasteiger partial charge on any atom is -0.497 e. The Hall–Kier alpha value is -1.02. The number of benzene rings is 1. The van der Waals surface area contributed by atoms with Crippen LogP contribution in [-0.4, -0.2) is 13.2 Å². The molecule has 0 spiro atoms. The number of hydrogen-bond acceptors (Lipinski definition) is 2. The molecule has 1 aromatic carbocycles. The van der Waals surface area contributed by atoms with Gasteiger partial charge in [0.25, 0.3) is 0 Å². The van der Waals surface area contributed by atoms with Gasteiger partial charge in [-0.1, -0.05) is 13.0 Å². The second-order valence-corrected chi connectivity index (χ2v) is 7.87. The minimum atomic E-state index is 0.441. The van der Waals surface area contributed by atoms with Crippen molar-refractivity contribution in [3.63, 3.8) is 0 Å². The minimum absolute atomic E-state index is 0.441. The van der Waals surface area contributed by atoms with E-state index in [4.69, 9.17) is 10.5 Å². The predicted octanol–water partition coefficient (Wildman–Crippen LogP) is 3.88. The standard InChI is InChI=1S/C19H27NO/c1-19-8-7-16-15-6-4-14(21-2)9-12(15)3-5-17(16)18(19)10-13(20)11-19/h4,6,9,13,16-18H,3,5,7-8,10-11,20H2,1-2H3/t13-,16-,17-,18+,19-/m1/s1. The molecular formula is C19H27NO. The van der Waals surface area contributed by atoms with Gasteiger partial charge in [-0.05, 0) is 85.0 Å². The van der Waals surface area contributed by atoms with Crippen molar-refractivity contribution >= 4 is 0 Å². The van der Waals surface area contributed by atoms with E-state index in [9.17, 15) is 0 Å². The molecule has 4 rings (SSSR count). The number of nitrogens with two attached hydrogens (primary N) is 1. The van der Waals surface area contributed by atoms with E-state index in [-0.39, 0.29) is 0 Å². The molecule has 0 saturated heterocycles. The Balaban J connectivity index is 1.68. The first-order valence-corrected chi connectivity index (χ1v) is 8.53. The van der Waals surface area contributed by atoms with Gasteiger partial charge in [-0.3, -0.25) is 0 Å². The van der Waals surface area contributed by atoms with Gasteiger partial charge in [-0.25, -0.2) is 0 Å². The SMILES string of the molecule is COc1ccc2c(c1)CC[C@@H]1[C@@H]2CC[C@]2(C)C[C@H](N)C[C@@H]12. The number of methoxy groups -OCH3 is 1. The second kappa shape index (κ2) is 4.74. The highest BCUT2D eigenvalue weighted by atomic mass is 16.5. The molecule has 0 heterocycles.